The average molecular weight is 205 g/mol. The van der Waals surface area contributed by atoms with Crippen molar-refractivity contribution in [3.8, 4) is 0 Å². The molecule has 1 amide bonds. The third-order valence-corrected chi connectivity index (χ3v) is 1.82. The van der Waals surface area contributed by atoms with E-state index in [4.69, 9.17) is 5.11 Å². The van der Waals surface area contributed by atoms with Crippen LogP contribution in [0.3, 0.4) is 0 Å². The molecule has 0 atom stereocenters. The third kappa shape index (κ3) is 2.67. The van der Waals surface area contributed by atoms with Crippen molar-refractivity contribution in [1.29, 1.82) is 0 Å². The maximum absolute atomic E-state index is 10.9. The Labute approximate surface area is 87.2 Å². The molecule has 0 bridgehead atoms. The lowest BCUT2D eigenvalue weighted by Crippen LogP contribution is -2.09. The van der Waals surface area contributed by atoms with Crippen molar-refractivity contribution in [2.75, 3.05) is 5.32 Å². The van der Waals surface area contributed by atoms with Crippen LogP contribution < -0.4 is 5.32 Å². The first-order valence-corrected chi connectivity index (χ1v) is 4.31. The Hall–Kier alpha value is -2.10. The highest BCUT2D eigenvalue weighted by Gasteiger charge is 2.11. The molecule has 4 nitrogen and oxygen atoms in total. The first-order valence-electron chi connectivity index (χ1n) is 4.31. The number of rotatable bonds is 3. The molecule has 1 aromatic carbocycles. The Kier molecular flexibility index (Phi) is 3.23. The summed E-state index contributed by atoms with van der Waals surface area (Å²) >= 11 is 0. The predicted octanol–water partition coefficient (Wildman–Crippen LogP) is 1.74. The zero-order chi connectivity index (χ0) is 11.4. The van der Waals surface area contributed by atoms with Gasteiger partial charge in [0.2, 0.25) is 5.91 Å². The SMILES string of the molecule is C=C(C(=O)O)c1ccccc1NC(C)=O. The van der Waals surface area contributed by atoms with Gasteiger partial charge in [0, 0.05) is 18.2 Å². The van der Waals surface area contributed by atoms with Crippen molar-refractivity contribution in [3.63, 3.8) is 0 Å². The van der Waals surface area contributed by atoms with Crippen molar-refractivity contribution < 1.29 is 14.7 Å². The van der Waals surface area contributed by atoms with Gasteiger partial charge < -0.3 is 10.4 Å². The highest BCUT2D eigenvalue weighted by molar-refractivity contribution is 6.16. The lowest BCUT2D eigenvalue weighted by molar-refractivity contribution is -0.130. The lowest BCUT2D eigenvalue weighted by Gasteiger charge is -2.08. The number of nitrogens with one attached hydrogen (secondary N) is 1. The number of carboxylic acids is 1. The van der Waals surface area contributed by atoms with Gasteiger partial charge in [0.25, 0.3) is 0 Å². The minimum absolute atomic E-state index is 0.0423. The van der Waals surface area contributed by atoms with Crippen molar-refractivity contribution in [2.45, 2.75) is 6.92 Å². The molecule has 4 heteroatoms. The number of benzene rings is 1. The van der Waals surface area contributed by atoms with Gasteiger partial charge in [-0.1, -0.05) is 24.8 Å². The molecule has 0 spiro atoms. The molecule has 0 unspecified atom stereocenters. The molecule has 0 saturated heterocycles. The van der Waals surface area contributed by atoms with Crippen LogP contribution in [0.25, 0.3) is 5.57 Å². The van der Waals surface area contributed by atoms with E-state index in [-0.39, 0.29) is 11.5 Å². The standard InChI is InChI=1S/C11H11NO3/c1-7(11(14)15)9-5-3-4-6-10(9)12-8(2)13/h3-6H,1H2,2H3,(H,12,13)(H,14,15). The quantitative estimate of drug-likeness (QED) is 0.738. The summed E-state index contributed by atoms with van der Waals surface area (Å²) in [4.78, 5) is 21.6. The van der Waals surface area contributed by atoms with E-state index in [2.05, 4.69) is 11.9 Å². The molecule has 0 aliphatic rings. The largest absolute Gasteiger partial charge is 0.478 e. The summed E-state index contributed by atoms with van der Waals surface area (Å²) in [6.45, 7) is 4.80. The third-order valence-electron chi connectivity index (χ3n) is 1.82. The monoisotopic (exact) mass is 205 g/mol. The Morgan fingerprint density at radius 3 is 2.47 bits per heavy atom. The normalized spacial score (nSPS) is 9.40. The van der Waals surface area contributed by atoms with E-state index in [0.717, 1.165) is 0 Å². The second kappa shape index (κ2) is 4.41. The topological polar surface area (TPSA) is 66.4 Å². The van der Waals surface area contributed by atoms with Gasteiger partial charge in [-0.25, -0.2) is 4.79 Å². The first-order chi connectivity index (χ1) is 7.02. The van der Waals surface area contributed by atoms with Crippen LogP contribution in [0.4, 0.5) is 5.69 Å². The summed E-state index contributed by atoms with van der Waals surface area (Å²) in [5, 5.41) is 11.3. The van der Waals surface area contributed by atoms with Gasteiger partial charge in [-0.05, 0) is 6.07 Å². The van der Waals surface area contributed by atoms with Crippen LogP contribution in [0.1, 0.15) is 12.5 Å². The summed E-state index contributed by atoms with van der Waals surface area (Å²) < 4.78 is 0. The molecule has 1 aromatic rings. The molecule has 0 saturated carbocycles. The van der Waals surface area contributed by atoms with Gasteiger partial charge >= 0.3 is 5.97 Å². The van der Waals surface area contributed by atoms with Crippen LogP contribution in [0.15, 0.2) is 30.8 Å². The molecule has 0 radical (unpaired) electrons. The van der Waals surface area contributed by atoms with E-state index in [1.165, 1.54) is 6.92 Å². The summed E-state index contributed by atoms with van der Waals surface area (Å²) in [6, 6.07) is 6.63. The number of carbonyl (C=O) groups excluding carboxylic acids is 1. The minimum Gasteiger partial charge on any atom is -0.478 e. The van der Waals surface area contributed by atoms with Crippen LogP contribution >= 0.6 is 0 Å². The van der Waals surface area contributed by atoms with Crippen LogP contribution in [-0.2, 0) is 9.59 Å². The number of carboxylic acid groups (broad SMARTS) is 1. The van der Waals surface area contributed by atoms with Crippen molar-refractivity contribution in [1.82, 2.24) is 0 Å². The maximum atomic E-state index is 10.9. The molecular weight excluding hydrogens is 194 g/mol. The van der Waals surface area contributed by atoms with Gasteiger partial charge in [0.15, 0.2) is 0 Å². The molecule has 2 N–H and O–H groups in total. The van der Waals surface area contributed by atoms with Gasteiger partial charge in [-0.3, -0.25) is 4.79 Å². The Bertz CT molecular complexity index is 424. The second-order valence-corrected chi connectivity index (χ2v) is 3.01. The van der Waals surface area contributed by atoms with E-state index in [1.54, 1.807) is 24.3 Å². The Balaban J connectivity index is 3.11. The number of hydrogen-bond donors (Lipinski definition) is 2. The molecular formula is C11H11NO3. The van der Waals surface area contributed by atoms with Gasteiger partial charge in [0.1, 0.15) is 0 Å². The number of amides is 1. The summed E-state index contributed by atoms with van der Waals surface area (Å²) in [5.74, 6) is -1.35. The number of para-hydroxylation sites is 1. The smallest absolute Gasteiger partial charge is 0.335 e. The van der Waals surface area contributed by atoms with Crippen LogP contribution in [0, 0.1) is 0 Å². The molecule has 15 heavy (non-hydrogen) atoms. The van der Waals surface area contributed by atoms with E-state index in [9.17, 15) is 9.59 Å². The van der Waals surface area contributed by atoms with Gasteiger partial charge in [-0.2, -0.15) is 0 Å². The molecule has 1 rings (SSSR count). The van der Waals surface area contributed by atoms with Gasteiger partial charge in [-0.15, -0.1) is 0 Å². The molecule has 0 aliphatic carbocycles. The summed E-state index contributed by atoms with van der Waals surface area (Å²) in [6.07, 6.45) is 0. The van der Waals surface area contributed by atoms with Crippen LogP contribution in [0.5, 0.6) is 0 Å². The summed E-state index contributed by atoms with van der Waals surface area (Å²) in [5.41, 5.74) is 0.831. The van der Waals surface area contributed by atoms with E-state index < -0.39 is 5.97 Å². The van der Waals surface area contributed by atoms with Gasteiger partial charge in [0.05, 0.1) is 5.57 Å². The zero-order valence-corrected chi connectivity index (χ0v) is 8.28. The van der Waals surface area contributed by atoms with E-state index >= 15 is 0 Å². The van der Waals surface area contributed by atoms with Crippen LogP contribution in [-0.4, -0.2) is 17.0 Å². The first kappa shape index (κ1) is 11.0. The van der Waals surface area contributed by atoms with E-state index in [0.29, 0.717) is 11.3 Å². The fourth-order valence-corrected chi connectivity index (χ4v) is 1.16. The van der Waals surface area contributed by atoms with Crippen LogP contribution in [0.2, 0.25) is 0 Å². The fraction of sp³-hybridized carbons (Fsp3) is 0.0909. The molecule has 0 aliphatic heterocycles. The fourth-order valence-electron chi connectivity index (χ4n) is 1.16. The number of aliphatic carboxylic acids is 1. The minimum atomic E-state index is -1.10. The van der Waals surface area contributed by atoms with E-state index in [1.807, 2.05) is 0 Å². The number of carbonyl (C=O) groups is 2. The average Bonchev–Trinajstić information content (AvgIpc) is 2.16. The van der Waals surface area contributed by atoms with Crippen molar-refractivity contribution >= 4 is 23.1 Å². The highest BCUT2D eigenvalue weighted by atomic mass is 16.4. The summed E-state index contributed by atoms with van der Waals surface area (Å²) in [7, 11) is 0. The van der Waals surface area contributed by atoms with Crippen molar-refractivity contribution in [3.05, 3.63) is 36.4 Å². The number of anilines is 1. The molecule has 0 aromatic heterocycles. The maximum Gasteiger partial charge on any atom is 0.335 e. The second-order valence-electron chi connectivity index (χ2n) is 3.01. The molecule has 78 valence electrons. The Morgan fingerprint density at radius 2 is 1.93 bits per heavy atom. The zero-order valence-electron chi connectivity index (χ0n) is 8.28. The molecule has 0 fully saturated rings. The predicted molar refractivity (Wildman–Crippen MR) is 57.4 cm³/mol. The highest BCUT2D eigenvalue weighted by Crippen LogP contribution is 2.22. The molecule has 0 heterocycles. The van der Waals surface area contributed by atoms with Crippen molar-refractivity contribution in [2.24, 2.45) is 0 Å². The number of hydrogen-bond acceptors (Lipinski definition) is 2. The lowest BCUT2D eigenvalue weighted by atomic mass is 10.1. The Morgan fingerprint density at radius 1 is 1.33 bits per heavy atom.